The van der Waals surface area contributed by atoms with Crippen LogP contribution < -0.4 is 16.0 Å². The first kappa shape index (κ1) is 10.5. The van der Waals surface area contributed by atoms with E-state index < -0.39 is 0 Å². The fraction of sp³-hybridized carbons (Fsp3) is 0.500. The van der Waals surface area contributed by atoms with Gasteiger partial charge in [-0.1, -0.05) is 5.16 Å². The first-order valence-corrected chi connectivity index (χ1v) is 4.38. The third-order valence-corrected chi connectivity index (χ3v) is 1.61. The van der Waals surface area contributed by atoms with Crippen molar-refractivity contribution in [3.05, 3.63) is 18.0 Å². The first-order valence-electron chi connectivity index (χ1n) is 4.38. The Morgan fingerprint density at radius 1 is 1.57 bits per heavy atom. The molecule has 0 bridgehead atoms. The third-order valence-electron chi connectivity index (χ3n) is 1.61. The summed E-state index contributed by atoms with van der Waals surface area (Å²) in [4.78, 5) is 10.7. The summed E-state index contributed by atoms with van der Waals surface area (Å²) in [6.45, 7) is 1.92. The smallest absolute Gasteiger partial charge is 0.314 e. The van der Waals surface area contributed by atoms with Gasteiger partial charge in [0.25, 0.3) is 0 Å². The van der Waals surface area contributed by atoms with E-state index in [9.17, 15) is 4.79 Å². The predicted molar refractivity (Wildman–Crippen MR) is 50.7 cm³/mol. The fourth-order valence-electron chi connectivity index (χ4n) is 0.898. The minimum atomic E-state index is -0.173. The highest BCUT2D eigenvalue weighted by molar-refractivity contribution is 5.73. The molecule has 6 nitrogen and oxygen atoms in total. The van der Waals surface area contributed by atoms with Crippen LogP contribution in [0.1, 0.15) is 5.69 Å². The average molecular weight is 198 g/mol. The summed E-state index contributed by atoms with van der Waals surface area (Å²) in [5, 5.41) is 12.0. The van der Waals surface area contributed by atoms with Gasteiger partial charge in [0.1, 0.15) is 6.26 Å². The van der Waals surface area contributed by atoms with E-state index in [4.69, 9.17) is 0 Å². The van der Waals surface area contributed by atoms with Gasteiger partial charge in [0.2, 0.25) is 0 Å². The second kappa shape index (κ2) is 5.98. The van der Waals surface area contributed by atoms with Crippen LogP contribution in [0.2, 0.25) is 0 Å². The van der Waals surface area contributed by atoms with Crippen LogP contribution in [0.4, 0.5) is 4.79 Å². The quantitative estimate of drug-likeness (QED) is 0.567. The third kappa shape index (κ3) is 3.90. The maximum atomic E-state index is 10.7. The Balaban J connectivity index is 1.97. The zero-order valence-corrected chi connectivity index (χ0v) is 8.04. The molecule has 1 aromatic heterocycles. The zero-order valence-electron chi connectivity index (χ0n) is 8.04. The minimum absolute atomic E-state index is 0.173. The zero-order chi connectivity index (χ0) is 10.2. The standard InChI is InChI=1S/C8H14N4O2/c1-9-8(13)11-4-3-10-6-7-2-5-14-12-7/h2,5,10H,3-4,6H2,1H3,(H2,9,11,13). The van der Waals surface area contributed by atoms with Crippen molar-refractivity contribution in [2.24, 2.45) is 0 Å². The normalized spacial score (nSPS) is 9.79. The molecule has 6 heteroatoms. The van der Waals surface area contributed by atoms with Gasteiger partial charge in [-0.25, -0.2) is 4.79 Å². The van der Waals surface area contributed by atoms with E-state index in [-0.39, 0.29) is 6.03 Å². The van der Waals surface area contributed by atoms with Gasteiger partial charge < -0.3 is 20.5 Å². The summed E-state index contributed by atoms with van der Waals surface area (Å²) in [5.74, 6) is 0. The molecular weight excluding hydrogens is 184 g/mol. The second-order valence-corrected chi connectivity index (χ2v) is 2.67. The molecule has 2 amide bonds. The number of hydrogen-bond donors (Lipinski definition) is 3. The molecule has 0 aliphatic heterocycles. The predicted octanol–water partition coefficient (Wildman–Crippen LogP) is -0.307. The largest absolute Gasteiger partial charge is 0.364 e. The van der Waals surface area contributed by atoms with Crippen molar-refractivity contribution >= 4 is 6.03 Å². The number of nitrogens with one attached hydrogen (secondary N) is 3. The van der Waals surface area contributed by atoms with Gasteiger partial charge in [0.15, 0.2) is 0 Å². The number of urea groups is 1. The summed E-state index contributed by atoms with van der Waals surface area (Å²) in [6, 6.07) is 1.62. The topological polar surface area (TPSA) is 79.2 Å². The minimum Gasteiger partial charge on any atom is -0.364 e. The van der Waals surface area contributed by atoms with Gasteiger partial charge >= 0.3 is 6.03 Å². The van der Waals surface area contributed by atoms with E-state index in [2.05, 4.69) is 25.6 Å². The van der Waals surface area contributed by atoms with E-state index in [0.717, 1.165) is 5.69 Å². The van der Waals surface area contributed by atoms with Gasteiger partial charge in [-0.2, -0.15) is 0 Å². The Morgan fingerprint density at radius 3 is 3.07 bits per heavy atom. The monoisotopic (exact) mass is 198 g/mol. The van der Waals surface area contributed by atoms with Crippen molar-refractivity contribution in [3.63, 3.8) is 0 Å². The Labute approximate surface area is 82.0 Å². The van der Waals surface area contributed by atoms with Gasteiger partial charge in [-0.3, -0.25) is 0 Å². The van der Waals surface area contributed by atoms with Crippen molar-refractivity contribution in [2.45, 2.75) is 6.54 Å². The molecule has 1 aromatic rings. The molecule has 1 heterocycles. The van der Waals surface area contributed by atoms with E-state index >= 15 is 0 Å². The number of carbonyl (C=O) groups is 1. The average Bonchev–Trinajstić information content (AvgIpc) is 2.69. The van der Waals surface area contributed by atoms with Crippen molar-refractivity contribution in [1.29, 1.82) is 0 Å². The Hall–Kier alpha value is -1.56. The summed E-state index contributed by atoms with van der Waals surface area (Å²) in [6.07, 6.45) is 1.53. The number of nitrogens with zero attached hydrogens (tertiary/aromatic N) is 1. The molecule has 0 aliphatic carbocycles. The SMILES string of the molecule is CNC(=O)NCCNCc1ccon1. The van der Waals surface area contributed by atoms with Crippen molar-refractivity contribution < 1.29 is 9.32 Å². The molecule has 0 saturated heterocycles. The molecule has 0 aromatic carbocycles. The van der Waals surface area contributed by atoms with Crippen LogP contribution in [0.25, 0.3) is 0 Å². The van der Waals surface area contributed by atoms with Crippen LogP contribution in [0.3, 0.4) is 0 Å². The van der Waals surface area contributed by atoms with Gasteiger partial charge in [0, 0.05) is 32.7 Å². The Kier molecular flexibility index (Phi) is 4.49. The lowest BCUT2D eigenvalue weighted by atomic mass is 10.4. The fourth-order valence-corrected chi connectivity index (χ4v) is 0.898. The van der Waals surface area contributed by atoms with Crippen LogP contribution in [0.5, 0.6) is 0 Å². The highest BCUT2D eigenvalue weighted by Gasteiger charge is 1.96. The maximum absolute atomic E-state index is 10.7. The lowest BCUT2D eigenvalue weighted by Gasteiger charge is -2.04. The number of amides is 2. The molecule has 14 heavy (non-hydrogen) atoms. The first-order chi connectivity index (χ1) is 6.83. The van der Waals surface area contributed by atoms with E-state index in [1.54, 1.807) is 13.1 Å². The van der Waals surface area contributed by atoms with Crippen LogP contribution in [0, 0.1) is 0 Å². The summed E-state index contributed by atoms with van der Waals surface area (Å²) < 4.78 is 4.66. The summed E-state index contributed by atoms with van der Waals surface area (Å²) >= 11 is 0. The highest BCUT2D eigenvalue weighted by atomic mass is 16.5. The molecule has 0 atom stereocenters. The van der Waals surface area contributed by atoms with E-state index in [1.165, 1.54) is 6.26 Å². The van der Waals surface area contributed by atoms with Crippen molar-refractivity contribution in [1.82, 2.24) is 21.1 Å². The maximum Gasteiger partial charge on any atom is 0.314 e. The summed E-state index contributed by atoms with van der Waals surface area (Å²) in [7, 11) is 1.58. The number of aromatic nitrogens is 1. The highest BCUT2D eigenvalue weighted by Crippen LogP contribution is 1.91. The molecule has 0 fully saturated rings. The lowest BCUT2D eigenvalue weighted by molar-refractivity contribution is 0.243. The molecule has 78 valence electrons. The van der Waals surface area contributed by atoms with E-state index in [0.29, 0.717) is 19.6 Å². The molecule has 0 aliphatic rings. The van der Waals surface area contributed by atoms with Crippen molar-refractivity contribution in [3.8, 4) is 0 Å². The van der Waals surface area contributed by atoms with E-state index in [1.807, 2.05) is 0 Å². The van der Waals surface area contributed by atoms with Crippen molar-refractivity contribution in [2.75, 3.05) is 20.1 Å². The van der Waals surface area contributed by atoms with Crippen LogP contribution in [0.15, 0.2) is 16.9 Å². The Bertz CT molecular complexity index is 260. The Morgan fingerprint density at radius 2 is 2.43 bits per heavy atom. The van der Waals surface area contributed by atoms with Crippen LogP contribution in [-0.2, 0) is 6.54 Å². The van der Waals surface area contributed by atoms with Gasteiger partial charge in [0.05, 0.1) is 5.69 Å². The molecule has 0 unspecified atom stereocenters. The molecule has 1 rings (SSSR count). The number of carbonyl (C=O) groups excluding carboxylic acids is 1. The number of hydrogen-bond acceptors (Lipinski definition) is 4. The molecule has 0 spiro atoms. The second-order valence-electron chi connectivity index (χ2n) is 2.67. The summed E-state index contributed by atoms with van der Waals surface area (Å²) in [5.41, 5.74) is 0.852. The number of rotatable bonds is 5. The van der Waals surface area contributed by atoms with Gasteiger partial charge in [-0.05, 0) is 0 Å². The van der Waals surface area contributed by atoms with Crippen LogP contribution >= 0.6 is 0 Å². The lowest BCUT2D eigenvalue weighted by Crippen LogP contribution is -2.37. The molecule has 0 radical (unpaired) electrons. The molecular formula is C8H14N4O2. The van der Waals surface area contributed by atoms with Crippen LogP contribution in [-0.4, -0.2) is 31.3 Å². The molecule has 0 saturated carbocycles. The molecule has 3 N–H and O–H groups in total. The van der Waals surface area contributed by atoms with Gasteiger partial charge in [-0.15, -0.1) is 0 Å².